The summed E-state index contributed by atoms with van der Waals surface area (Å²) in [5.74, 6) is -0.282. The first kappa shape index (κ1) is 21.8. The molecule has 2 aromatic carbocycles. The fourth-order valence-corrected chi connectivity index (χ4v) is 6.47. The van der Waals surface area contributed by atoms with Crippen LogP contribution in [0.15, 0.2) is 64.9 Å². The number of anilines is 1. The molecule has 0 radical (unpaired) electrons. The van der Waals surface area contributed by atoms with Gasteiger partial charge in [-0.3, -0.25) is 9.59 Å². The highest BCUT2D eigenvalue weighted by atomic mass is 32.2. The van der Waals surface area contributed by atoms with Gasteiger partial charge >= 0.3 is 0 Å². The lowest BCUT2D eigenvalue weighted by molar-refractivity contribution is 0.0985. The lowest BCUT2D eigenvalue weighted by Gasteiger charge is -2.24. The molecule has 1 aliphatic rings. The lowest BCUT2D eigenvalue weighted by Crippen LogP contribution is -2.31. The highest BCUT2D eigenvalue weighted by Gasteiger charge is 2.29. The van der Waals surface area contributed by atoms with Crippen molar-refractivity contribution in [3.63, 3.8) is 0 Å². The number of hydrogen-bond donors (Lipinski definition) is 1. The topological polar surface area (TPSA) is 91.7 Å². The zero-order chi connectivity index (χ0) is 24.5. The number of aryl methyl sites for hydroxylation is 1. The predicted molar refractivity (Wildman–Crippen MR) is 139 cm³/mol. The van der Waals surface area contributed by atoms with E-state index < -0.39 is 9.84 Å². The van der Waals surface area contributed by atoms with Crippen molar-refractivity contribution in [2.45, 2.75) is 19.2 Å². The van der Waals surface area contributed by atoms with Gasteiger partial charge in [-0.15, -0.1) is 11.3 Å². The number of carbonyl (C=O) groups excluding carboxylic acids is 1. The Hall–Kier alpha value is -3.69. The molecule has 1 aliphatic heterocycles. The van der Waals surface area contributed by atoms with Gasteiger partial charge in [-0.25, -0.2) is 8.42 Å². The van der Waals surface area contributed by atoms with Crippen LogP contribution >= 0.6 is 11.3 Å². The van der Waals surface area contributed by atoms with Crippen molar-refractivity contribution in [2.24, 2.45) is 0 Å². The molecule has 1 N–H and O–H groups in total. The SMILES string of the molecule is Cc1cc2n3c(c[nH]c(=O)c13)CN(C(=O)c1ccc3sccc3c1)c1ccc(CS(C)(=O)=O)cc1-2. The summed E-state index contributed by atoms with van der Waals surface area (Å²) in [7, 11) is -3.26. The van der Waals surface area contributed by atoms with Gasteiger partial charge in [0.15, 0.2) is 9.84 Å². The van der Waals surface area contributed by atoms with E-state index in [9.17, 15) is 18.0 Å². The van der Waals surface area contributed by atoms with Crippen LogP contribution in [-0.2, 0) is 22.1 Å². The first-order valence-corrected chi connectivity index (χ1v) is 14.0. The summed E-state index contributed by atoms with van der Waals surface area (Å²) >= 11 is 1.62. The maximum Gasteiger partial charge on any atom is 0.272 e. The highest BCUT2D eigenvalue weighted by Crippen LogP contribution is 2.39. The molecule has 4 heterocycles. The number of sulfone groups is 1. The molecular weight excluding hydrogens is 482 g/mol. The van der Waals surface area contributed by atoms with Gasteiger partial charge in [-0.2, -0.15) is 0 Å². The van der Waals surface area contributed by atoms with Crippen LogP contribution in [0.4, 0.5) is 5.69 Å². The Balaban J connectivity index is 1.59. The smallest absolute Gasteiger partial charge is 0.272 e. The van der Waals surface area contributed by atoms with E-state index in [4.69, 9.17) is 0 Å². The van der Waals surface area contributed by atoms with Crippen molar-refractivity contribution in [1.29, 1.82) is 0 Å². The highest BCUT2D eigenvalue weighted by molar-refractivity contribution is 7.89. The second kappa shape index (κ2) is 7.66. The van der Waals surface area contributed by atoms with E-state index in [0.717, 1.165) is 27.0 Å². The zero-order valence-electron chi connectivity index (χ0n) is 19.0. The summed E-state index contributed by atoms with van der Waals surface area (Å²) in [6.45, 7) is 2.12. The standard InChI is InChI=1S/C26H21N3O4S2/c1-15-9-22-20-10-16(14-35(2,32)33)3-5-21(20)28(13-19-12-27-25(30)24(15)29(19)22)26(31)18-4-6-23-17(11-18)7-8-34-23/h3-12H,13-14H2,1-2H3,(H,27,30). The van der Waals surface area contributed by atoms with Crippen LogP contribution in [-0.4, -0.2) is 30.0 Å². The molecule has 35 heavy (non-hydrogen) atoms. The van der Waals surface area contributed by atoms with Gasteiger partial charge in [-0.1, -0.05) is 6.07 Å². The molecule has 0 atom stereocenters. The maximum atomic E-state index is 13.9. The van der Waals surface area contributed by atoms with Gasteiger partial charge < -0.3 is 14.3 Å². The van der Waals surface area contributed by atoms with Gasteiger partial charge in [0.05, 0.1) is 29.4 Å². The minimum atomic E-state index is -3.26. The zero-order valence-corrected chi connectivity index (χ0v) is 20.7. The molecule has 0 saturated carbocycles. The number of amides is 1. The number of nitrogens with one attached hydrogen (secondary N) is 1. The van der Waals surface area contributed by atoms with E-state index in [1.807, 2.05) is 53.1 Å². The van der Waals surface area contributed by atoms with Gasteiger partial charge in [0.25, 0.3) is 11.5 Å². The van der Waals surface area contributed by atoms with E-state index in [0.29, 0.717) is 27.9 Å². The number of fused-ring (bicyclic) bond motifs is 3. The number of carbonyl (C=O) groups is 1. The third kappa shape index (κ3) is 3.59. The van der Waals surface area contributed by atoms with Crippen molar-refractivity contribution in [1.82, 2.24) is 9.38 Å². The molecule has 0 saturated heterocycles. The molecule has 176 valence electrons. The minimum Gasteiger partial charge on any atom is -0.325 e. The first-order valence-electron chi connectivity index (χ1n) is 11.0. The average molecular weight is 504 g/mol. The molecule has 5 aromatic rings. The molecule has 6 rings (SSSR count). The second-order valence-corrected chi connectivity index (χ2v) is 12.1. The second-order valence-electron chi connectivity index (χ2n) is 8.99. The van der Waals surface area contributed by atoms with Gasteiger partial charge in [0.1, 0.15) is 5.52 Å². The van der Waals surface area contributed by atoms with Crippen LogP contribution in [0.25, 0.3) is 26.9 Å². The monoisotopic (exact) mass is 503 g/mol. The molecule has 0 bridgehead atoms. The predicted octanol–water partition coefficient (Wildman–Crippen LogP) is 4.52. The molecule has 0 fully saturated rings. The van der Waals surface area contributed by atoms with Crippen molar-refractivity contribution < 1.29 is 13.2 Å². The van der Waals surface area contributed by atoms with E-state index >= 15 is 0 Å². The van der Waals surface area contributed by atoms with Crippen LogP contribution in [0.5, 0.6) is 0 Å². The Kier molecular flexibility index (Phi) is 4.77. The Morgan fingerprint density at radius 2 is 1.94 bits per heavy atom. The van der Waals surface area contributed by atoms with E-state index in [1.54, 1.807) is 34.6 Å². The summed E-state index contributed by atoms with van der Waals surface area (Å²) in [5, 5.41) is 3.00. The molecule has 9 heteroatoms. The summed E-state index contributed by atoms with van der Waals surface area (Å²) in [5.41, 5.74) is 5.19. The van der Waals surface area contributed by atoms with Crippen molar-refractivity contribution in [2.75, 3.05) is 11.2 Å². The number of aromatic amines is 1. The minimum absolute atomic E-state index is 0.112. The Labute approximate surface area is 205 Å². The molecule has 1 amide bonds. The quantitative estimate of drug-likeness (QED) is 0.392. The van der Waals surface area contributed by atoms with E-state index in [1.165, 1.54) is 6.26 Å². The van der Waals surface area contributed by atoms with Crippen molar-refractivity contribution in [3.05, 3.63) is 92.8 Å². The van der Waals surface area contributed by atoms with Gasteiger partial charge in [-0.05, 0) is 71.3 Å². The number of thiophene rings is 1. The van der Waals surface area contributed by atoms with Crippen LogP contribution in [0.3, 0.4) is 0 Å². The number of hydrogen-bond acceptors (Lipinski definition) is 5. The Bertz CT molecular complexity index is 1840. The third-order valence-electron chi connectivity index (χ3n) is 6.38. The third-order valence-corrected chi connectivity index (χ3v) is 8.14. The van der Waals surface area contributed by atoms with E-state index in [-0.39, 0.29) is 23.8 Å². The van der Waals surface area contributed by atoms with Crippen LogP contribution < -0.4 is 10.5 Å². The largest absolute Gasteiger partial charge is 0.325 e. The van der Waals surface area contributed by atoms with Crippen molar-refractivity contribution >= 4 is 48.4 Å². The Morgan fingerprint density at radius 3 is 2.74 bits per heavy atom. The number of aromatic nitrogens is 2. The number of H-pyrrole nitrogens is 1. The number of benzene rings is 2. The first-order chi connectivity index (χ1) is 16.7. The molecule has 7 nitrogen and oxygen atoms in total. The summed E-state index contributed by atoms with van der Waals surface area (Å²) < 4.78 is 27.0. The Morgan fingerprint density at radius 1 is 1.11 bits per heavy atom. The number of nitrogens with zero attached hydrogens (tertiary/aromatic N) is 2. The van der Waals surface area contributed by atoms with Crippen LogP contribution in [0.2, 0.25) is 0 Å². The van der Waals surface area contributed by atoms with Crippen LogP contribution in [0.1, 0.15) is 27.2 Å². The fourth-order valence-electron chi connectivity index (χ4n) is 4.91. The molecule has 0 spiro atoms. The van der Waals surface area contributed by atoms with Gasteiger partial charge in [0, 0.05) is 28.3 Å². The van der Waals surface area contributed by atoms with Crippen LogP contribution in [0, 0.1) is 6.92 Å². The summed E-state index contributed by atoms with van der Waals surface area (Å²) in [6, 6.07) is 15.0. The molecule has 0 aliphatic carbocycles. The molecular formula is C26H21N3O4S2. The average Bonchev–Trinajstić information content (AvgIpc) is 3.39. The summed E-state index contributed by atoms with van der Waals surface area (Å²) in [4.78, 5) is 31.1. The van der Waals surface area contributed by atoms with E-state index in [2.05, 4.69) is 4.98 Å². The normalized spacial score (nSPS) is 13.3. The maximum absolute atomic E-state index is 13.9. The number of rotatable bonds is 3. The lowest BCUT2D eigenvalue weighted by atomic mass is 10.0. The summed E-state index contributed by atoms with van der Waals surface area (Å²) in [6.07, 6.45) is 2.84. The van der Waals surface area contributed by atoms with Gasteiger partial charge in [0.2, 0.25) is 0 Å². The van der Waals surface area contributed by atoms with Crippen molar-refractivity contribution in [3.8, 4) is 11.3 Å². The fraction of sp³-hybridized carbons (Fsp3) is 0.154. The molecule has 3 aromatic heterocycles. The molecule has 0 unspecified atom stereocenters.